The van der Waals surface area contributed by atoms with Crippen molar-refractivity contribution >= 4 is 5.91 Å². The second kappa shape index (κ2) is 9.73. The third-order valence-corrected chi connectivity index (χ3v) is 6.40. The fourth-order valence-corrected chi connectivity index (χ4v) is 4.55. The Bertz CT molecular complexity index is 1240. The lowest BCUT2D eigenvalue weighted by molar-refractivity contribution is -0.139. The molecule has 0 N–H and O–H groups in total. The maximum Gasteiger partial charge on any atom is 0.228 e. The number of benzene rings is 1. The summed E-state index contributed by atoms with van der Waals surface area (Å²) >= 11 is 0. The number of pyridine rings is 1. The fourth-order valence-electron chi connectivity index (χ4n) is 4.55. The van der Waals surface area contributed by atoms with Crippen LogP contribution in [0.2, 0.25) is 0 Å². The number of hydrogen-bond acceptors (Lipinski definition) is 9. The average Bonchev–Trinajstić information content (AvgIpc) is 3.43. The number of aromatic nitrogens is 5. The summed E-state index contributed by atoms with van der Waals surface area (Å²) in [5.41, 5.74) is 1.92. The van der Waals surface area contributed by atoms with Crippen LogP contribution >= 0.6 is 0 Å². The highest BCUT2D eigenvalue weighted by Crippen LogP contribution is 2.35. The Balaban J connectivity index is 1.20. The summed E-state index contributed by atoms with van der Waals surface area (Å²) in [6.45, 7) is 2.82. The van der Waals surface area contributed by atoms with Crippen LogP contribution in [0.5, 0.6) is 5.75 Å². The van der Waals surface area contributed by atoms with Gasteiger partial charge in [-0.2, -0.15) is 9.94 Å². The van der Waals surface area contributed by atoms with Gasteiger partial charge in [-0.05, 0) is 34.7 Å². The number of halogens is 1. The SMILES string of the molecule is COc1c([C@@H]2CN3CCN(C(=O)Cc4ccc(-n5cnnn5)cn4)C[C@H]3CO2)ccc(F)c1C#N. The van der Waals surface area contributed by atoms with Gasteiger partial charge in [-0.15, -0.1) is 5.10 Å². The Morgan fingerprint density at radius 3 is 2.89 bits per heavy atom. The number of nitriles is 1. The van der Waals surface area contributed by atoms with Crippen molar-refractivity contribution in [2.24, 2.45) is 0 Å². The number of carbonyl (C=O) groups excluding carboxylic acids is 1. The van der Waals surface area contributed by atoms with E-state index in [0.29, 0.717) is 49.7 Å². The van der Waals surface area contributed by atoms with E-state index in [0.717, 1.165) is 0 Å². The minimum Gasteiger partial charge on any atom is -0.495 e. The zero-order valence-electron chi connectivity index (χ0n) is 19.0. The normalized spacial score (nSPS) is 20.2. The Morgan fingerprint density at radius 2 is 2.17 bits per heavy atom. The van der Waals surface area contributed by atoms with Crippen molar-refractivity contribution in [1.82, 2.24) is 35.0 Å². The number of fused-ring (bicyclic) bond motifs is 1. The largest absolute Gasteiger partial charge is 0.495 e. The van der Waals surface area contributed by atoms with E-state index in [1.54, 1.807) is 18.3 Å². The molecule has 0 unspecified atom stereocenters. The van der Waals surface area contributed by atoms with Crippen LogP contribution in [-0.2, 0) is 16.0 Å². The van der Waals surface area contributed by atoms with Crippen molar-refractivity contribution < 1.29 is 18.7 Å². The van der Waals surface area contributed by atoms with Crippen molar-refractivity contribution in [3.05, 3.63) is 59.4 Å². The van der Waals surface area contributed by atoms with Crippen LogP contribution in [0.4, 0.5) is 4.39 Å². The monoisotopic (exact) mass is 478 g/mol. The van der Waals surface area contributed by atoms with E-state index in [2.05, 4.69) is 25.4 Å². The number of piperazine rings is 1. The molecule has 4 heterocycles. The van der Waals surface area contributed by atoms with Crippen molar-refractivity contribution in [2.75, 3.05) is 39.9 Å². The third kappa shape index (κ3) is 4.55. The first-order chi connectivity index (χ1) is 17.1. The second-order valence-corrected chi connectivity index (χ2v) is 8.41. The number of carbonyl (C=O) groups is 1. The molecule has 1 amide bonds. The first-order valence-corrected chi connectivity index (χ1v) is 11.2. The number of ether oxygens (including phenoxy) is 2. The summed E-state index contributed by atoms with van der Waals surface area (Å²) in [6, 6.07) is 8.42. The highest BCUT2D eigenvalue weighted by Gasteiger charge is 2.37. The first-order valence-electron chi connectivity index (χ1n) is 11.2. The maximum atomic E-state index is 14.0. The third-order valence-electron chi connectivity index (χ3n) is 6.40. The van der Waals surface area contributed by atoms with Crippen LogP contribution < -0.4 is 4.74 Å². The number of nitrogens with zero attached hydrogens (tertiary/aromatic N) is 8. The van der Waals surface area contributed by atoms with E-state index in [4.69, 9.17) is 9.47 Å². The summed E-state index contributed by atoms with van der Waals surface area (Å²) in [5.74, 6) is -0.398. The highest BCUT2D eigenvalue weighted by molar-refractivity contribution is 5.78. The number of amides is 1. The van der Waals surface area contributed by atoms with Gasteiger partial charge in [0.25, 0.3) is 0 Å². The van der Waals surface area contributed by atoms with Crippen LogP contribution in [0.15, 0.2) is 36.8 Å². The predicted molar refractivity (Wildman–Crippen MR) is 119 cm³/mol. The van der Waals surface area contributed by atoms with Crippen LogP contribution in [0.1, 0.15) is 22.9 Å². The van der Waals surface area contributed by atoms with Crippen molar-refractivity contribution in [3.63, 3.8) is 0 Å². The summed E-state index contributed by atoms with van der Waals surface area (Å²) in [6.07, 6.45) is 2.97. The molecule has 1 aromatic carbocycles. The number of morpholine rings is 1. The lowest BCUT2D eigenvalue weighted by atomic mass is 10.00. The zero-order valence-corrected chi connectivity index (χ0v) is 19.0. The molecule has 3 aromatic rings. The van der Waals surface area contributed by atoms with Gasteiger partial charge < -0.3 is 14.4 Å². The number of rotatable bonds is 5. The molecular formula is C23H23FN8O3. The van der Waals surface area contributed by atoms with Gasteiger partial charge in [0.05, 0.1) is 44.2 Å². The molecular weight excluding hydrogens is 455 g/mol. The molecule has 12 heteroatoms. The Kier molecular flexibility index (Phi) is 6.35. The van der Waals surface area contributed by atoms with Gasteiger partial charge in [-0.25, -0.2) is 4.39 Å². The van der Waals surface area contributed by atoms with E-state index in [1.165, 1.54) is 24.2 Å². The van der Waals surface area contributed by atoms with E-state index in [1.807, 2.05) is 17.0 Å². The first kappa shape index (κ1) is 22.8. The van der Waals surface area contributed by atoms with Gasteiger partial charge in [0.1, 0.15) is 29.5 Å². The van der Waals surface area contributed by atoms with Crippen molar-refractivity contribution in [2.45, 2.75) is 18.6 Å². The van der Waals surface area contributed by atoms with Gasteiger partial charge in [-0.1, -0.05) is 0 Å². The van der Waals surface area contributed by atoms with E-state index in [9.17, 15) is 14.4 Å². The van der Waals surface area contributed by atoms with E-state index >= 15 is 0 Å². The van der Waals surface area contributed by atoms with Crippen molar-refractivity contribution in [1.29, 1.82) is 5.26 Å². The minimum atomic E-state index is -0.617. The molecule has 2 aromatic heterocycles. The van der Waals surface area contributed by atoms with Crippen LogP contribution in [0.25, 0.3) is 5.69 Å². The summed E-state index contributed by atoms with van der Waals surface area (Å²) in [7, 11) is 1.42. The summed E-state index contributed by atoms with van der Waals surface area (Å²) in [4.78, 5) is 21.4. The van der Waals surface area contributed by atoms with Crippen molar-refractivity contribution in [3.8, 4) is 17.5 Å². The van der Waals surface area contributed by atoms with E-state index < -0.39 is 5.82 Å². The quantitative estimate of drug-likeness (QED) is 0.526. The fraction of sp³-hybridized carbons (Fsp3) is 0.391. The predicted octanol–water partition coefficient (Wildman–Crippen LogP) is 0.903. The number of methoxy groups -OCH3 is 1. The molecule has 2 aliphatic rings. The average molecular weight is 478 g/mol. The Labute approximate surface area is 200 Å². The molecule has 2 atom stereocenters. The lowest BCUT2D eigenvalue weighted by Crippen LogP contribution is -2.59. The van der Waals surface area contributed by atoms with Gasteiger partial charge in [0.15, 0.2) is 0 Å². The molecule has 11 nitrogen and oxygen atoms in total. The molecule has 0 spiro atoms. The molecule has 35 heavy (non-hydrogen) atoms. The van der Waals surface area contributed by atoms with Gasteiger partial charge in [0.2, 0.25) is 5.91 Å². The molecule has 0 saturated carbocycles. The molecule has 0 bridgehead atoms. The summed E-state index contributed by atoms with van der Waals surface area (Å²) in [5, 5.41) is 20.3. The number of hydrogen-bond donors (Lipinski definition) is 0. The van der Waals surface area contributed by atoms with Crippen LogP contribution in [0.3, 0.4) is 0 Å². The number of tetrazole rings is 1. The summed E-state index contributed by atoms with van der Waals surface area (Å²) < 4.78 is 26.9. The smallest absolute Gasteiger partial charge is 0.228 e. The molecule has 2 aliphatic heterocycles. The minimum absolute atomic E-state index is 0.00770. The molecule has 0 aliphatic carbocycles. The highest BCUT2D eigenvalue weighted by atomic mass is 19.1. The van der Waals surface area contributed by atoms with Gasteiger partial charge >= 0.3 is 0 Å². The maximum absolute atomic E-state index is 14.0. The molecule has 180 valence electrons. The van der Waals surface area contributed by atoms with Crippen LogP contribution in [0, 0.1) is 17.1 Å². The Morgan fingerprint density at radius 1 is 1.29 bits per heavy atom. The molecule has 2 saturated heterocycles. The van der Waals surface area contributed by atoms with Crippen LogP contribution in [-0.4, -0.2) is 86.8 Å². The zero-order chi connectivity index (χ0) is 24.4. The second-order valence-electron chi connectivity index (χ2n) is 8.41. The molecule has 2 fully saturated rings. The van der Waals surface area contributed by atoms with E-state index in [-0.39, 0.29) is 35.8 Å². The molecule has 0 radical (unpaired) electrons. The lowest BCUT2D eigenvalue weighted by Gasteiger charge is -2.46. The van der Waals surface area contributed by atoms with Gasteiger partial charge in [0, 0.05) is 37.4 Å². The topological polar surface area (TPSA) is 122 Å². The Hall–Kier alpha value is -3.95. The van der Waals surface area contributed by atoms with Gasteiger partial charge in [-0.3, -0.25) is 14.7 Å². The standard InChI is InChI=1S/C23H23FN8O3/c1-34-23-18(4-5-20(24)19(23)9-25)21-12-30-6-7-31(11-17(30)13-35-21)22(33)8-15-2-3-16(10-26-15)32-14-27-28-29-32/h2-5,10,14,17,21H,6-8,11-13H2,1H3/t17-,21-/m0/s1. The molecule has 5 rings (SSSR count).